The predicted octanol–water partition coefficient (Wildman–Crippen LogP) is 2.60. The van der Waals surface area contributed by atoms with Crippen LogP contribution in [0.3, 0.4) is 0 Å². The van der Waals surface area contributed by atoms with E-state index in [4.69, 9.17) is 17.3 Å². The minimum atomic E-state index is -0.846. The molecule has 3 N–H and O–H groups in total. The summed E-state index contributed by atoms with van der Waals surface area (Å²) in [7, 11) is 0. The van der Waals surface area contributed by atoms with Crippen molar-refractivity contribution < 1.29 is 9.90 Å². The van der Waals surface area contributed by atoms with Gasteiger partial charge in [-0.25, -0.2) is 0 Å². The van der Waals surface area contributed by atoms with Crippen molar-refractivity contribution in [1.29, 1.82) is 0 Å². The van der Waals surface area contributed by atoms with Crippen molar-refractivity contribution in [2.45, 2.75) is 6.42 Å². The van der Waals surface area contributed by atoms with Gasteiger partial charge in [0.05, 0.1) is 6.42 Å². The molecule has 0 bridgehead atoms. The van der Waals surface area contributed by atoms with E-state index in [1.54, 1.807) is 0 Å². The Morgan fingerprint density at radius 1 is 1.16 bits per heavy atom. The largest absolute Gasteiger partial charge is 0.481 e. The number of carboxylic acid groups (broad SMARTS) is 1. The Bertz CT molecular complexity index is 613. The van der Waals surface area contributed by atoms with Crippen LogP contribution in [0.25, 0.3) is 10.8 Å². The normalized spacial score (nSPS) is 10.1. The molecule has 0 atom stereocenters. The lowest BCUT2D eigenvalue weighted by atomic mass is 10.1. The molecule has 0 aliphatic carbocycles. The highest BCUT2D eigenvalue weighted by Gasteiger charge is 2.00. The lowest BCUT2D eigenvalue weighted by Gasteiger charge is -2.10. The van der Waals surface area contributed by atoms with E-state index >= 15 is 0 Å². The van der Waals surface area contributed by atoms with E-state index in [-0.39, 0.29) is 6.42 Å². The Morgan fingerprint density at radius 3 is 2.63 bits per heavy atom. The van der Waals surface area contributed by atoms with Crippen molar-refractivity contribution in [3.05, 3.63) is 42.5 Å². The molecule has 0 aromatic heterocycles. The SMILES string of the molecule is O=C(O)CCNC(=S)Nc1ccc2ccccc2c1. The quantitative estimate of drug-likeness (QED) is 0.748. The number of aliphatic carboxylic acids is 1. The molecule has 2 aromatic rings. The number of thiocarbonyl (C=S) groups is 1. The van der Waals surface area contributed by atoms with Gasteiger partial charge in [-0.3, -0.25) is 4.79 Å². The van der Waals surface area contributed by atoms with E-state index < -0.39 is 5.97 Å². The van der Waals surface area contributed by atoms with Gasteiger partial charge in [-0.15, -0.1) is 0 Å². The molecule has 2 aromatic carbocycles. The number of nitrogens with one attached hydrogen (secondary N) is 2. The van der Waals surface area contributed by atoms with E-state index in [9.17, 15) is 4.79 Å². The summed E-state index contributed by atoms with van der Waals surface area (Å²) in [5.74, 6) is -0.846. The Hall–Kier alpha value is -2.14. The van der Waals surface area contributed by atoms with Gasteiger partial charge < -0.3 is 15.7 Å². The number of carboxylic acids is 1. The van der Waals surface area contributed by atoms with Gasteiger partial charge in [-0.1, -0.05) is 30.3 Å². The van der Waals surface area contributed by atoms with Gasteiger partial charge in [0, 0.05) is 12.2 Å². The van der Waals surface area contributed by atoms with Crippen LogP contribution in [0, 0.1) is 0 Å². The summed E-state index contributed by atoms with van der Waals surface area (Å²) in [6.07, 6.45) is 0.0412. The molecule has 5 heteroatoms. The van der Waals surface area contributed by atoms with Crippen LogP contribution in [0.15, 0.2) is 42.5 Å². The number of carbonyl (C=O) groups is 1. The van der Waals surface area contributed by atoms with E-state index in [1.165, 1.54) is 0 Å². The number of fused-ring (bicyclic) bond motifs is 1. The van der Waals surface area contributed by atoms with Crippen LogP contribution in [0.2, 0.25) is 0 Å². The van der Waals surface area contributed by atoms with Gasteiger partial charge in [0.25, 0.3) is 0 Å². The summed E-state index contributed by atoms with van der Waals surface area (Å²) in [5.41, 5.74) is 0.881. The number of rotatable bonds is 4. The van der Waals surface area contributed by atoms with Gasteiger partial charge in [-0.05, 0) is 35.1 Å². The van der Waals surface area contributed by atoms with E-state index in [1.807, 2.05) is 42.5 Å². The van der Waals surface area contributed by atoms with Crippen LogP contribution in [0.5, 0.6) is 0 Å². The number of anilines is 1. The van der Waals surface area contributed by atoms with Crippen LogP contribution < -0.4 is 10.6 Å². The van der Waals surface area contributed by atoms with Crippen molar-refractivity contribution in [2.24, 2.45) is 0 Å². The molecule has 0 spiro atoms. The fourth-order valence-electron chi connectivity index (χ4n) is 1.73. The zero-order chi connectivity index (χ0) is 13.7. The second-order valence-corrected chi connectivity index (χ2v) is 4.49. The summed E-state index contributed by atoms with van der Waals surface area (Å²) in [6.45, 7) is 0.314. The first-order valence-electron chi connectivity index (χ1n) is 5.90. The maximum Gasteiger partial charge on any atom is 0.305 e. The maximum absolute atomic E-state index is 10.4. The van der Waals surface area contributed by atoms with Crippen LogP contribution in [0.4, 0.5) is 5.69 Å². The number of hydrogen-bond donors (Lipinski definition) is 3. The predicted molar refractivity (Wildman–Crippen MR) is 80.4 cm³/mol. The monoisotopic (exact) mass is 274 g/mol. The third-order valence-corrected chi connectivity index (χ3v) is 2.88. The lowest BCUT2D eigenvalue weighted by molar-refractivity contribution is -0.136. The van der Waals surface area contributed by atoms with Crippen LogP contribution in [0.1, 0.15) is 6.42 Å². The molecule has 0 unspecified atom stereocenters. The highest BCUT2D eigenvalue weighted by atomic mass is 32.1. The van der Waals surface area contributed by atoms with E-state index in [0.717, 1.165) is 16.5 Å². The Labute approximate surface area is 116 Å². The Kier molecular flexibility index (Phi) is 4.30. The molecule has 0 amide bonds. The zero-order valence-corrected chi connectivity index (χ0v) is 11.0. The highest BCUT2D eigenvalue weighted by molar-refractivity contribution is 7.80. The molecule has 0 fully saturated rings. The first-order valence-corrected chi connectivity index (χ1v) is 6.31. The minimum Gasteiger partial charge on any atom is -0.481 e. The summed E-state index contributed by atoms with van der Waals surface area (Å²) in [5, 5.41) is 17.1. The average molecular weight is 274 g/mol. The lowest BCUT2D eigenvalue weighted by Crippen LogP contribution is -2.30. The van der Waals surface area contributed by atoms with Crippen molar-refractivity contribution >= 4 is 39.8 Å². The molecule has 0 aliphatic rings. The Morgan fingerprint density at radius 2 is 1.89 bits per heavy atom. The number of hydrogen-bond acceptors (Lipinski definition) is 2. The van der Waals surface area contributed by atoms with Crippen LogP contribution in [-0.2, 0) is 4.79 Å². The first kappa shape index (κ1) is 13.3. The maximum atomic E-state index is 10.4. The van der Waals surface area contributed by atoms with Gasteiger partial charge >= 0.3 is 5.97 Å². The summed E-state index contributed by atoms with van der Waals surface area (Å²) >= 11 is 5.10. The molecule has 0 aliphatic heterocycles. The summed E-state index contributed by atoms with van der Waals surface area (Å²) in [6, 6.07) is 14.0. The molecule has 0 saturated carbocycles. The summed E-state index contributed by atoms with van der Waals surface area (Å²) < 4.78 is 0. The minimum absolute atomic E-state index is 0.0412. The molecule has 98 valence electrons. The summed E-state index contributed by atoms with van der Waals surface area (Å²) in [4.78, 5) is 10.4. The fraction of sp³-hybridized carbons (Fsp3) is 0.143. The standard InChI is InChI=1S/C14H14N2O2S/c17-13(18)7-8-15-14(19)16-12-6-5-10-3-1-2-4-11(10)9-12/h1-6,9H,7-8H2,(H,17,18)(H2,15,16,19). The van der Waals surface area contributed by atoms with Crippen molar-refractivity contribution in [1.82, 2.24) is 5.32 Å². The second kappa shape index (κ2) is 6.15. The average Bonchev–Trinajstić information content (AvgIpc) is 2.38. The molecule has 0 heterocycles. The highest BCUT2D eigenvalue weighted by Crippen LogP contribution is 2.18. The molecule has 0 saturated heterocycles. The first-order chi connectivity index (χ1) is 9.15. The van der Waals surface area contributed by atoms with Gasteiger partial charge in [0.1, 0.15) is 0 Å². The third kappa shape index (κ3) is 3.93. The Balaban J connectivity index is 1.97. The van der Waals surface area contributed by atoms with Gasteiger partial charge in [0.15, 0.2) is 5.11 Å². The van der Waals surface area contributed by atoms with Crippen LogP contribution in [-0.4, -0.2) is 22.7 Å². The molecule has 0 radical (unpaired) electrons. The molecular weight excluding hydrogens is 260 g/mol. The third-order valence-electron chi connectivity index (χ3n) is 2.63. The van der Waals surface area contributed by atoms with Crippen LogP contribution >= 0.6 is 12.2 Å². The molecule has 2 rings (SSSR count). The van der Waals surface area contributed by atoms with Crippen molar-refractivity contribution in [3.63, 3.8) is 0 Å². The number of benzene rings is 2. The van der Waals surface area contributed by atoms with E-state index in [2.05, 4.69) is 10.6 Å². The molecular formula is C14H14N2O2S. The fourth-order valence-corrected chi connectivity index (χ4v) is 1.95. The van der Waals surface area contributed by atoms with Gasteiger partial charge in [-0.2, -0.15) is 0 Å². The van der Waals surface area contributed by atoms with Crippen molar-refractivity contribution in [3.8, 4) is 0 Å². The van der Waals surface area contributed by atoms with Gasteiger partial charge in [0.2, 0.25) is 0 Å². The molecule has 19 heavy (non-hydrogen) atoms. The molecule has 4 nitrogen and oxygen atoms in total. The topological polar surface area (TPSA) is 61.4 Å². The van der Waals surface area contributed by atoms with Crippen molar-refractivity contribution in [2.75, 3.05) is 11.9 Å². The smallest absolute Gasteiger partial charge is 0.305 e. The second-order valence-electron chi connectivity index (χ2n) is 4.09. The van der Waals surface area contributed by atoms with E-state index in [0.29, 0.717) is 11.7 Å². The zero-order valence-electron chi connectivity index (χ0n) is 10.2.